The molecular formula is C25H24F4N4O2S. The quantitative estimate of drug-likeness (QED) is 0.484. The number of alkyl halides is 3. The lowest BCUT2D eigenvalue weighted by Crippen LogP contribution is -2.47. The van der Waals surface area contributed by atoms with Gasteiger partial charge in [0.1, 0.15) is 5.54 Å². The summed E-state index contributed by atoms with van der Waals surface area (Å²) in [7, 11) is 0. The van der Waals surface area contributed by atoms with Crippen LogP contribution in [0.5, 0.6) is 0 Å². The van der Waals surface area contributed by atoms with Gasteiger partial charge in [-0.3, -0.25) is 9.59 Å². The van der Waals surface area contributed by atoms with E-state index in [2.05, 4.69) is 10.3 Å². The Kier molecular flexibility index (Phi) is 6.98. The standard InChI is InChI=1S/C25H24F4N4O2S/c1-13(34)31-17-9-10-18(19(20(17)26)23(2,3)4)33-22(32-21(35)24(33,5)6)36-15-8-7-14(12-30)16(11-15)25(27,28)29/h7-11H,1-6H3,(H,31,34). The maximum absolute atomic E-state index is 15.7. The number of benzene rings is 2. The van der Waals surface area contributed by atoms with Gasteiger partial charge in [-0.05, 0) is 49.6 Å². The van der Waals surface area contributed by atoms with E-state index >= 15 is 4.39 Å². The molecular weight excluding hydrogens is 496 g/mol. The number of nitrogens with one attached hydrogen (secondary N) is 1. The maximum Gasteiger partial charge on any atom is 0.417 e. The van der Waals surface area contributed by atoms with E-state index in [-0.39, 0.29) is 21.3 Å². The lowest BCUT2D eigenvalue weighted by molar-refractivity contribution is -0.138. The number of rotatable bonds is 3. The van der Waals surface area contributed by atoms with Crippen LogP contribution in [0.3, 0.4) is 0 Å². The van der Waals surface area contributed by atoms with Crippen LogP contribution in [-0.2, 0) is 21.2 Å². The molecule has 36 heavy (non-hydrogen) atoms. The fourth-order valence-corrected chi connectivity index (χ4v) is 4.93. The van der Waals surface area contributed by atoms with Crippen molar-refractivity contribution in [3.05, 3.63) is 52.8 Å². The highest BCUT2D eigenvalue weighted by Gasteiger charge is 2.46. The van der Waals surface area contributed by atoms with Crippen LogP contribution < -0.4 is 10.2 Å². The van der Waals surface area contributed by atoms with Gasteiger partial charge < -0.3 is 10.2 Å². The molecule has 0 bridgehead atoms. The number of amides is 2. The molecule has 0 saturated heterocycles. The van der Waals surface area contributed by atoms with E-state index in [4.69, 9.17) is 5.26 Å². The predicted molar refractivity (Wildman–Crippen MR) is 130 cm³/mol. The van der Waals surface area contributed by atoms with Crippen molar-refractivity contribution in [1.82, 2.24) is 0 Å². The second-order valence-electron chi connectivity index (χ2n) is 9.77. The minimum Gasteiger partial charge on any atom is -0.324 e. The van der Waals surface area contributed by atoms with Gasteiger partial charge in [0, 0.05) is 17.4 Å². The Morgan fingerprint density at radius 2 is 1.81 bits per heavy atom. The average Bonchev–Trinajstić information content (AvgIpc) is 2.95. The summed E-state index contributed by atoms with van der Waals surface area (Å²) in [5, 5.41) is 11.6. The van der Waals surface area contributed by atoms with Gasteiger partial charge in [0.25, 0.3) is 5.91 Å². The van der Waals surface area contributed by atoms with Crippen molar-refractivity contribution < 1.29 is 27.2 Å². The third-order valence-electron chi connectivity index (χ3n) is 5.52. The highest BCUT2D eigenvalue weighted by Crippen LogP contribution is 2.44. The van der Waals surface area contributed by atoms with E-state index in [1.165, 1.54) is 30.0 Å². The molecule has 1 N–H and O–H groups in total. The molecule has 1 aliphatic heterocycles. The summed E-state index contributed by atoms with van der Waals surface area (Å²) < 4.78 is 56.1. The first-order valence-corrected chi connectivity index (χ1v) is 11.6. The van der Waals surface area contributed by atoms with Crippen molar-refractivity contribution in [2.45, 2.75) is 63.6 Å². The van der Waals surface area contributed by atoms with Gasteiger partial charge >= 0.3 is 6.18 Å². The van der Waals surface area contributed by atoms with Crippen LogP contribution in [0, 0.1) is 17.1 Å². The number of halogens is 4. The van der Waals surface area contributed by atoms with E-state index in [0.29, 0.717) is 5.69 Å². The first kappa shape index (κ1) is 27.2. The topological polar surface area (TPSA) is 85.6 Å². The Hall–Kier alpha value is -3.39. The van der Waals surface area contributed by atoms with E-state index in [9.17, 15) is 22.8 Å². The fourth-order valence-electron chi connectivity index (χ4n) is 3.86. The number of hydrogen-bond acceptors (Lipinski definition) is 5. The van der Waals surface area contributed by atoms with E-state index in [0.717, 1.165) is 23.9 Å². The van der Waals surface area contributed by atoms with Gasteiger partial charge in [-0.15, -0.1) is 0 Å². The molecule has 0 fully saturated rings. The summed E-state index contributed by atoms with van der Waals surface area (Å²) >= 11 is 0.803. The van der Waals surface area contributed by atoms with Gasteiger partial charge in [0.05, 0.1) is 28.6 Å². The molecule has 0 atom stereocenters. The van der Waals surface area contributed by atoms with Gasteiger partial charge in [-0.2, -0.15) is 23.4 Å². The summed E-state index contributed by atoms with van der Waals surface area (Å²) in [6.07, 6.45) is -4.75. The Bertz CT molecular complexity index is 1320. The molecule has 11 heteroatoms. The van der Waals surface area contributed by atoms with Crippen molar-refractivity contribution in [1.29, 1.82) is 5.26 Å². The highest BCUT2D eigenvalue weighted by molar-refractivity contribution is 8.14. The molecule has 6 nitrogen and oxygen atoms in total. The molecule has 0 unspecified atom stereocenters. The molecule has 2 aromatic carbocycles. The molecule has 0 spiro atoms. The number of amidine groups is 1. The number of aliphatic imine (C=N–C) groups is 1. The Morgan fingerprint density at radius 1 is 1.17 bits per heavy atom. The average molecular weight is 521 g/mol. The van der Waals surface area contributed by atoms with Crippen LogP contribution in [0.4, 0.5) is 28.9 Å². The number of carbonyl (C=O) groups excluding carboxylic acids is 2. The molecule has 2 amide bonds. The van der Waals surface area contributed by atoms with E-state index in [1.54, 1.807) is 40.7 Å². The number of nitriles is 1. The minimum atomic E-state index is -4.75. The molecule has 0 aromatic heterocycles. The van der Waals surface area contributed by atoms with E-state index in [1.807, 2.05) is 0 Å². The van der Waals surface area contributed by atoms with Crippen LogP contribution in [0.1, 0.15) is 58.2 Å². The summed E-state index contributed by atoms with van der Waals surface area (Å²) in [5.74, 6) is -1.70. The molecule has 1 heterocycles. The Morgan fingerprint density at radius 3 is 2.33 bits per heavy atom. The predicted octanol–water partition coefficient (Wildman–Crippen LogP) is 6.25. The summed E-state index contributed by atoms with van der Waals surface area (Å²) in [6, 6.07) is 7.66. The second-order valence-corrected chi connectivity index (χ2v) is 10.8. The van der Waals surface area contributed by atoms with Crippen LogP contribution in [0.15, 0.2) is 40.2 Å². The summed E-state index contributed by atoms with van der Waals surface area (Å²) in [5.41, 5.74) is -3.24. The minimum absolute atomic E-state index is 0.0347. The largest absolute Gasteiger partial charge is 0.417 e. The third-order valence-corrected chi connectivity index (χ3v) is 6.46. The van der Waals surface area contributed by atoms with Crippen LogP contribution in [0.25, 0.3) is 0 Å². The molecule has 2 aromatic rings. The van der Waals surface area contributed by atoms with Crippen molar-refractivity contribution in [2.24, 2.45) is 4.99 Å². The monoisotopic (exact) mass is 520 g/mol. The smallest absolute Gasteiger partial charge is 0.324 e. The number of hydrogen-bond donors (Lipinski definition) is 1. The van der Waals surface area contributed by atoms with Crippen molar-refractivity contribution in [2.75, 3.05) is 10.2 Å². The Labute approximate surface area is 210 Å². The van der Waals surface area contributed by atoms with Crippen molar-refractivity contribution in [3.63, 3.8) is 0 Å². The van der Waals surface area contributed by atoms with Crippen LogP contribution in [0.2, 0.25) is 0 Å². The van der Waals surface area contributed by atoms with E-state index < -0.39 is 45.9 Å². The number of thioether (sulfide) groups is 1. The second kappa shape index (κ2) is 9.24. The zero-order valence-corrected chi connectivity index (χ0v) is 21.3. The summed E-state index contributed by atoms with van der Waals surface area (Å²) in [4.78, 5) is 30.1. The Balaban J connectivity index is 2.17. The van der Waals surface area contributed by atoms with Gasteiger partial charge in [-0.1, -0.05) is 32.5 Å². The molecule has 1 aliphatic rings. The summed E-state index contributed by atoms with van der Waals surface area (Å²) in [6.45, 7) is 9.70. The van der Waals surface area contributed by atoms with Gasteiger partial charge in [0.2, 0.25) is 5.91 Å². The number of carbonyl (C=O) groups is 2. The van der Waals surface area contributed by atoms with Crippen LogP contribution in [-0.4, -0.2) is 22.5 Å². The maximum atomic E-state index is 15.7. The zero-order chi connectivity index (χ0) is 27.2. The number of nitrogens with zero attached hydrogens (tertiary/aromatic N) is 3. The first-order chi connectivity index (χ1) is 16.5. The van der Waals surface area contributed by atoms with Gasteiger partial charge in [-0.25, -0.2) is 4.39 Å². The normalized spacial score (nSPS) is 15.5. The first-order valence-electron chi connectivity index (χ1n) is 10.8. The SMILES string of the molecule is CC(=O)Nc1ccc(N2C(Sc3ccc(C#N)c(C(F)(F)F)c3)=NC(=O)C2(C)C)c(C(C)(C)C)c1F. The molecule has 190 valence electrons. The lowest BCUT2D eigenvalue weighted by atomic mass is 9.83. The van der Waals surface area contributed by atoms with Crippen LogP contribution >= 0.6 is 11.8 Å². The molecule has 0 radical (unpaired) electrons. The lowest BCUT2D eigenvalue weighted by Gasteiger charge is -2.36. The molecule has 0 saturated carbocycles. The fraction of sp³-hybridized carbons (Fsp3) is 0.360. The zero-order valence-electron chi connectivity index (χ0n) is 20.5. The molecule has 3 rings (SSSR count). The highest BCUT2D eigenvalue weighted by atomic mass is 32.2. The molecule has 0 aliphatic carbocycles. The van der Waals surface area contributed by atoms with Crippen molar-refractivity contribution >= 4 is 40.1 Å². The third kappa shape index (κ3) is 5.09. The number of anilines is 2. The van der Waals surface area contributed by atoms with Gasteiger partial charge in [0.15, 0.2) is 11.0 Å². The van der Waals surface area contributed by atoms with Crippen molar-refractivity contribution in [3.8, 4) is 6.07 Å².